The average molecular weight is 283 g/mol. The Labute approximate surface area is 124 Å². The van der Waals surface area contributed by atoms with E-state index in [1.807, 2.05) is 6.92 Å². The first-order valence-corrected chi connectivity index (χ1v) is 8.31. The van der Waals surface area contributed by atoms with Crippen LogP contribution in [0, 0.1) is 0 Å². The van der Waals surface area contributed by atoms with Crippen molar-refractivity contribution < 1.29 is 4.79 Å². The van der Waals surface area contributed by atoms with E-state index in [0.29, 0.717) is 6.04 Å². The number of carbonyl (C=O) groups excluding carboxylic acids is 1. The summed E-state index contributed by atoms with van der Waals surface area (Å²) in [4.78, 5) is 14.3. The molecule has 118 valence electrons. The second-order valence-electron chi connectivity index (χ2n) is 6.41. The summed E-state index contributed by atoms with van der Waals surface area (Å²) in [7, 11) is 0. The molecule has 20 heavy (non-hydrogen) atoms. The van der Waals surface area contributed by atoms with Crippen LogP contribution in [-0.4, -0.2) is 42.0 Å². The van der Waals surface area contributed by atoms with Gasteiger partial charge in [0.2, 0.25) is 5.91 Å². The van der Waals surface area contributed by atoms with Gasteiger partial charge in [-0.25, -0.2) is 0 Å². The van der Waals surface area contributed by atoms with E-state index in [2.05, 4.69) is 24.1 Å². The summed E-state index contributed by atoms with van der Waals surface area (Å²) in [5.41, 5.74) is 5.07. The lowest BCUT2D eigenvalue weighted by Gasteiger charge is -2.31. The molecule has 0 radical (unpaired) electrons. The number of nitrogens with one attached hydrogen (secondary N) is 1. The molecule has 1 rings (SSSR count). The molecular weight excluding hydrogens is 250 g/mol. The van der Waals surface area contributed by atoms with Gasteiger partial charge in [-0.05, 0) is 52.1 Å². The van der Waals surface area contributed by atoms with E-state index < -0.39 is 5.54 Å². The largest absolute Gasteiger partial charge is 0.368 e. The zero-order chi connectivity index (χ0) is 15.0. The van der Waals surface area contributed by atoms with Crippen LogP contribution in [0.1, 0.15) is 65.7 Å². The van der Waals surface area contributed by atoms with Crippen molar-refractivity contribution in [3.8, 4) is 0 Å². The lowest BCUT2D eigenvalue weighted by Crippen LogP contribution is -2.55. The molecule has 0 aliphatic heterocycles. The molecule has 1 saturated carbocycles. The third-order valence-corrected chi connectivity index (χ3v) is 4.23. The highest BCUT2D eigenvalue weighted by atomic mass is 16.1. The summed E-state index contributed by atoms with van der Waals surface area (Å²) in [5, 5.41) is 3.43. The fraction of sp³-hybridized carbons (Fsp3) is 0.938. The first-order chi connectivity index (χ1) is 9.51. The summed E-state index contributed by atoms with van der Waals surface area (Å²) in [6.45, 7) is 9.63. The third kappa shape index (κ3) is 6.23. The number of nitrogens with two attached hydrogens (primary N) is 1. The fourth-order valence-electron chi connectivity index (χ4n) is 2.43. The molecule has 1 unspecified atom stereocenters. The summed E-state index contributed by atoms with van der Waals surface area (Å²) in [6, 6.07) is 0.507. The molecule has 0 bridgehead atoms. The van der Waals surface area contributed by atoms with E-state index in [9.17, 15) is 4.79 Å². The van der Waals surface area contributed by atoms with E-state index in [1.54, 1.807) is 0 Å². The maximum absolute atomic E-state index is 11.8. The number of primary amides is 1. The van der Waals surface area contributed by atoms with Crippen molar-refractivity contribution in [2.75, 3.05) is 19.6 Å². The van der Waals surface area contributed by atoms with Crippen molar-refractivity contribution in [1.82, 2.24) is 10.2 Å². The molecule has 0 spiro atoms. The van der Waals surface area contributed by atoms with Crippen molar-refractivity contribution >= 4 is 5.91 Å². The number of rotatable bonds is 12. The predicted octanol–water partition coefficient (Wildman–Crippen LogP) is 2.27. The predicted molar refractivity (Wildman–Crippen MR) is 84.6 cm³/mol. The van der Waals surface area contributed by atoms with Gasteiger partial charge in [0, 0.05) is 12.6 Å². The van der Waals surface area contributed by atoms with Crippen molar-refractivity contribution in [2.24, 2.45) is 5.73 Å². The third-order valence-electron chi connectivity index (χ3n) is 4.23. The summed E-state index contributed by atoms with van der Waals surface area (Å²) < 4.78 is 0. The van der Waals surface area contributed by atoms with Crippen molar-refractivity contribution in [1.29, 1.82) is 0 Å². The molecule has 0 heterocycles. The number of unbranched alkanes of at least 4 members (excludes halogenated alkanes) is 2. The topological polar surface area (TPSA) is 58.4 Å². The van der Waals surface area contributed by atoms with Crippen LogP contribution in [0.3, 0.4) is 0 Å². The van der Waals surface area contributed by atoms with Gasteiger partial charge in [-0.3, -0.25) is 4.79 Å². The zero-order valence-electron chi connectivity index (χ0n) is 13.6. The van der Waals surface area contributed by atoms with Crippen LogP contribution in [0.25, 0.3) is 0 Å². The van der Waals surface area contributed by atoms with Gasteiger partial charge in [-0.1, -0.05) is 26.7 Å². The Morgan fingerprint density at radius 3 is 2.15 bits per heavy atom. The Balaban J connectivity index is 2.45. The van der Waals surface area contributed by atoms with E-state index in [0.717, 1.165) is 26.1 Å². The first-order valence-electron chi connectivity index (χ1n) is 8.31. The number of hydrogen-bond acceptors (Lipinski definition) is 3. The second kappa shape index (κ2) is 8.63. The molecule has 1 aliphatic rings. The van der Waals surface area contributed by atoms with Gasteiger partial charge < -0.3 is 16.0 Å². The Bertz CT molecular complexity index is 283. The molecule has 0 aromatic heterocycles. The molecule has 4 heteroatoms. The fourth-order valence-corrected chi connectivity index (χ4v) is 2.43. The van der Waals surface area contributed by atoms with Crippen LogP contribution >= 0.6 is 0 Å². The van der Waals surface area contributed by atoms with E-state index >= 15 is 0 Å². The zero-order valence-corrected chi connectivity index (χ0v) is 13.6. The van der Waals surface area contributed by atoms with E-state index in [1.165, 1.54) is 38.5 Å². The lowest BCUT2D eigenvalue weighted by atomic mass is 9.96. The maximum Gasteiger partial charge on any atom is 0.237 e. The van der Waals surface area contributed by atoms with E-state index in [-0.39, 0.29) is 5.91 Å². The molecule has 0 saturated heterocycles. The number of carbonyl (C=O) groups is 1. The molecule has 1 aliphatic carbocycles. The van der Waals surface area contributed by atoms with Crippen LogP contribution in [0.4, 0.5) is 0 Å². The average Bonchev–Trinajstić information content (AvgIpc) is 3.21. The summed E-state index contributed by atoms with van der Waals surface area (Å²) >= 11 is 0. The molecular formula is C16H33N3O. The molecule has 0 aromatic rings. The molecule has 1 amide bonds. The summed E-state index contributed by atoms with van der Waals surface area (Å²) in [6.07, 6.45) is 8.06. The van der Waals surface area contributed by atoms with Gasteiger partial charge in [-0.2, -0.15) is 0 Å². The highest BCUT2D eigenvalue weighted by Crippen LogP contribution is 2.24. The first kappa shape index (κ1) is 17.4. The van der Waals surface area contributed by atoms with Crippen LogP contribution in [0.5, 0.6) is 0 Å². The Morgan fingerprint density at radius 1 is 1.20 bits per heavy atom. The number of nitrogens with zero attached hydrogens (tertiary/aromatic N) is 1. The van der Waals surface area contributed by atoms with Crippen LogP contribution in [-0.2, 0) is 4.79 Å². The molecule has 4 nitrogen and oxygen atoms in total. The minimum absolute atomic E-state index is 0.213. The smallest absolute Gasteiger partial charge is 0.237 e. The SMILES string of the molecule is CCCCN(CCCC)CCC(C)(NC1CC1)C(N)=O. The van der Waals surface area contributed by atoms with E-state index in [4.69, 9.17) is 5.73 Å². The van der Waals surface area contributed by atoms with Crippen molar-refractivity contribution in [3.63, 3.8) is 0 Å². The Hall–Kier alpha value is -0.610. The Kier molecular flexibility index (Phi) is 7.52. The quantitative estimate of drug-likeness (QED) is 0.578. The monoisotopic (exact) mass is 283 g/mol. The highest BCUT2D eigenvalue weighted by molar-refractivity contribution is 5.84. The van der Waals surface area contributed by atoms with Crippen molar-refractivity contribution in [2.45, 2.75) is 77.3 Å². The van der Waals surface area contributed by atoms with Crippen molar-refractivity contribution in [3.05, 3.63) is 0 Å². The second-order valence-corrected chi connectivity index (χ2v) is 6.41. The molecule has 1 fully saturated rings. The van der Waals surface area contributed by atoms with Gasteiger partial charge in [0.15, 0.2) is 0 Å². The molecule has 3 N–H and O–H groups in total. The number of amides is 1. The minimum atomic E-state index is -0.544. The normalized spacial score (nSPS) is 18.2. The van der Waals surface area contributed by atoms with Gasteiger partial charge in [0.25, 0.3) is 0 Å². The standard InChI is InChI=1S/C16H33N3O/c1-4-6-11-19(12-7-5-2)13-10-16(3,15(17)20)18-14-8-9-14/h14,18H,4-13H2,1-3H3,(H2,17,20). The molecule has 1 atom stereocenters. The van der Waals surface area contributed by atoms with Gasteiger partial charge in [0.05, 0.1) is 5.54 Å². The van der Waals surface area contributed by atoms with Gasteiger partial charge >= 0.3 is 0 Å². The summed E-state index contributed by atoms with van der Waals surface area (Å²) in [5.74, 6) is -0.213. The van der Waals surface area contributed by atoms with Crippen LogP contribution < -0.4 is 11.1 Å². The van der Waals surface area contributed by atoms with Crippen LogP contribution in [0.15, 0.2) is 0 Å². The number of hydrogen-bond donors (Lipinski definition) is 2. The minimum Gasteiger partial charge on any atom is -0.368 e. The lowest BCUT2D eigenvalue weighted by molar-refractivity contribution is -0.124. The van der Waals surface area contributed by atoms with Gasteiger partial charge in [0.1, 0.15) is 0 Å². The Morgan fingerprint density at radius 2 is 1.75 bits per heavy atom. The molecule has 0 aromatic carbocycles. The maximum atomic E-state index is 11.8. The van der Waals surface area contributed by atoms with Gasteiger partial charge in [-0.15, -0.1) is 0 Å². The highest BCUT2D eigenvalue weighted by Gasteiger charge is 2.36. The van der Waals surface area contributed by atoms with Crippen LogP contribution in [0.2, 0.25) is 0 Å².